The molecule has 0 aromatic heterocycles. The molecular formula is C14H20N2O. The van der Waals surface area contributed by atoms with Crippen LogP contribution in [0.5, 0.6) is 5.75 Å². The van der Waals surface area contributed by atoms with Gasteiger partial charge in [-0.25, -0.2) is 0 Å². The van der Waals surface area contributed by atoms with Crippen LogP contribution < -0.4 is 15.0 Å². The van der Waals surface area contributed by atoms with Gasteiger partial charge in [-0.15, -0.1) is 0 Å². The van der Waals surface area contributed by atoms with Crippen molar-refractivity contribution >= 4 is 5.69 Å². The van der Waals surface area contributed by atoms with Gasteiger partial charge in [0, 0.05) is 31.9 Å². The van der Waals surface area contributed by atoms with E-state index >= 15 is 0 Å². The number of benzene rings is 1. The maximum Gasteiger partial charge on any atom is 0.119 e. The van der Waals surface area contributed by atoms with Gasteiger partial charge in [0.2, 0.25) is 0 Å². The van der Waals surface area contributed by atoms with Gasteiger partial charge in [0.05, 0.1) is 0 Å². The minimum atomic E-state index is 0.590. The predicted molar refractivity (Wildman–Crippen MR) is 71.8 cm³/mol. The zero-order chi connectivity index (χ0) is 12.1. The average molecular weight is 232 g/mol. The molecule has 1 saturated heterocycles. The topological polar surface area (TPSA) is 24.5 Å². The van der Waals surface area contributed by atoms with Crippen molar-refractivity contribution < 1.29 is 4.74 Å². The van der Waals surface area contributed by atoms with Gasteiger partial charge >= 0.3 is 0 Å². The van der Waals surface area contributed by atoms with Crippen LogP contribution in [-0.4, -0.2) is 32.8 Å². The molecule has 92 valence electrons. The molecule has 0 bridgehead atoms. The molecule has 1 aliphatic rings. The third kappa shape index (κ3) is 3.49. The number of nitrogens with one attached hydrogen (secondary N) is 1. The van der Waals surface area contributed by atoms with E-state index in [2.05, 4.69) is 28.9 Å². The Morgan fingerprint density at radius 2 is 1.94 bits per heavy atom. The van der Waals surface area contributed by atoms with Gasteiger partial charge in [-0.1, -0.05) is 6.58 Å². The molecule has 1 aliphatic heterocycles. The Bertz CT molecular complexity index is 366. The molecule has 3 nitrogen and oxygen atoms in total. The lowest BCUT2D eigenvalue weighted by Gasteiger charge is -2.29. The van der Waals surface area contributed by atoms with E-state index in [0.29, 0.717) is 6.61 Å². The molecule has 0 saturated carbocycles. The first-order valence-electron chi connectivity index (χ1n) is 6.08. The second-order valence-electron chi connectivity index (χ2n) is 4.48. The summed E-state index contributed by atoms with van der Waals surface area (Å²) in [7, 11) is 0. The first-order chi connectivity index (χ1) is 8.25. The van der Waals surface area contributed by atoms with Crippen molar-refractivity contribution in [2.45, 2.75) is 6.92 Å². The largest absolute Gasteiger partial charge is 0.489 e. The Labute approximate surface area is 103 Å². The average Bonchev–Trinajstić information content (AvgIpc) is 2.38. The molecule has 0 spiro atoms. The summed E-state index contributed by atoms with van der Waals surface area (Å²) >= 11 is 0. The van der Waals surface area contributed by atoms with Crippen LogP contribution in [0.2, 0.25) is 0 Å². The fraction of sp³-hybridized carbons (Fsp3) is 0.429. The Morgan fingerprint density at radius 1 is 1.29 bits per heavy atom. The Hall–Kier alpha value is -1.48. The summed E-state index contributed by atoms with van der Waals surface area (Å²) in [6.45, 7) is 10.7. The van der Waals surface area contributed by atoms with Crippen LogP contribution in [-0.2, 0) is 0 Å². The highest BCUT2D eigenvalue weighted by atomic mass is 16.5. The minimum Gasteiger partial charge on any atom is -0.489 e. The van der Waals surface area contributed by atoms with Gasteiger partial charge in [-0.05, 0) is 36.8 Å². The van der Waals surface area contributed by atoms with E-state index in [-0.39, 0.29) is 0 Å². The molecular weight excluding hydrogens is 212 g/mol. The van der Waals surface area contributed by atoms with E-state index in [4.69, 9.17) is 4.74 Å². The van der Waals surface area contributed by atoms with Crippen molar-refractivity contribution in [2.75, 3.05) is 37.7 Å². The summed E-state index contributed by atoms with van der Waals surface area (Å²) in [5.41, 5.74) is 2.31. The summed E-state index contributed by atoms with van der Waals surface area (Å²) in [5, 5.41) is 3.35. The second-order valence-corrected chi connectivity index (χ2v) is 4.48. The minimum absolute atomic E-state index is 0.590. The molecule has 1 N–H and O–H groups in total. The molecule has 1 heterocycles. The van der Waals surface area contributed by atoms with Crippen LogP contribution in [0.25, 0.3) is 0 Å². The lowest BCUT2D eigenvalue weighted by Crippen LogP contribution is -2.43. The highest BCUT2D eigenvalue weighted by Crippen LogP contribution is 2.20. The molecule has 0 unspecified atom stereocenters. The predicted octanol–water partition coefficient (Wildman–Crippen LogP) is 2.05. The van der Waals surface area contributed by atoms with Gasteiger partial charge in [0.15, 0.2) is 0 Å². The molecule has 0 amide bonds. The Kier molecular flexibility index (Phi) is 4.04. The van der Waals surface area contributed by atoms with Crippen LogP contribution in [0.4, 0.5) is 5.69 Å². The van der Waals surface area contributed by atoms with Crippen molar-refractivity contribution in [2.24, 2.45) is 0 Å². The molecule has 1 aromatic carbocycles. The SMILES string of the molecule is C=C(C)COc1ccc(N2CCNCC2)cc1. The standard InChI is InChI=1S/C14H20N2O/c1-12(2)11-17-14-5-3-13(4-6-14)16-9-7-15-8-10-16/h3-6,15H,1,7-11H2,2H3. The van der Waals surface area contributed by atoms with Crippen molar-refractivity contribution in [3.63, 3.8) is 0 Å². The van der Waals surface area contributed by atoms with E-state index in [1.807, 2.05) is 19.1 Å². The molecule has 0 radical (unpaired) electrons. The van der Waals surface area contributed by atoms with E-state index in [0.717, 1.165) is 37.5 Å². The number of hydrogen-bond donors (Lipinski definition) is 1. The molecule has 2 rings (SSSR count). The molecule has 0 aliphatic carbocycles. The van der Waals surface area contributed by atoms with Crippen molar-refractivity contribution in [1.29, 1.82) is 0 Å². The molecule has 1 fully saturated rings. The summed E-state index contributed by atoms with van der Waals surface area (Å²) in [6, 6.07) is 8.30. The van der Waals surface area contributed by atoms with E-state index < -0.39 is 0 Å². The zero-order valence-electron chi connectivity index (χ0n) is 10.4. The smallest absolute Gasteiger partial charge is 0.119 e. The van der Waals surface area contributed by atoms with E-state index in [1.54, 1.807) is 0 Å². The third-order valence-corrected chi connectivity index (χ3v) is 2.80. The quantitative estimate of drug-likeness (QED) is 0.804. The van der Waals surface area contributed by atoms with Crippen molar-refractivity contribution in [3.05, 3.63) is 36.4 Å². The van der Waals surface area contributed by atoms with Gasteiger partial charge in [-0.2, -0.15) is 0 Å². The number of piperazine rings is 1. The number of hydrogen-bond acceptors (Lipinski definition) is 3. The first kappa shape index (κ1) is 12.0. The molecule has 1 aromatic rings. The lowest BCUT2D eigenvalue weighted by atomic mass is 10.2. The highest BCUT2D eigenvalue weighted by Gasteiger charge is 2.09. The van der Waals surface area contributed by atoms with Crippen LogP contribution in [0.15, 0.2) is 36.4 Å². The second kappa shape index (κ2) is 5.73. The number of nitrogens with zero attached hydrogens (tertiary/aromatic N) is 1. The van der Waals surface area contributed by atoms with Crippen molar-refractivity contribution in [1.82, 2.24) is 5.32 Å². The van der Waals surface area contributed by atoms with E-state index in [1.165, 1.54) is 5.69 Å². The summed E-state index contributed by atoms with van der Waals surface area (Å²) in [4.78, 5) is 2.39. The van der Waals surface area contributed by atoms with Crippen LogP contribution in [0, 0.1) is 0 Å². The van der Waals surface area contributed by atoms with Gasteiger partial charge in [0.25, 0.3) is 0 Å². The molecule has 17 heavy (non-hydrogen) atoms. The van der Waals surface area contributed by atoms with E-state index in [9.17, 15) is 0 Å². The van der Waals surface area contributed by atoms with Gasteiger partial charge < -0.3 is 15.0 Å². The Balaban J connectivity index is 1.94. The first-order valence-corrected chi connectivity index (χ1v) is 6.08. The lowest BCUT2D eigenvalue weighted by molar-refractivity contribution is 0.352. The fourth-order valence-corrected chi connectivity index (χ4v) is 1.88. The summed E-state index contributed by atoms with van der Waals surface area (Å²) in [6.07, 6.45) is 0. The van der Waals surface area contributed by atoms with Crippen molar-refractivity contribution in [3.8, 4) is 5.75 Å². The third-order valence-electron chi connectivity index (χ3n) is 2.80. The monoisotopic (exact) mass is 232 g/mol. The van der Waals surface area contributed by atoms with Crippen LogP contribution in [0.3, 0.4) is 0 Å². The normalized spacial score (nSPS) is 15.7. The molecule has 0 atom stereocenters. The summed E-state index contributed by atoms with van der Waals surface area (Å²) in [5.74, 6) is 0.909. The van der Waals surface area contributed by atoms with Crippen LogP contribution >= 0.6 is 0 Å². The maximum atomic E-state index is 5.58. The summed E-state index contributed by atoms with van der Waals surface area (Å²) < 4.78 is 5.58. The van der Waals surface area contributed by atoms with Gasteiger partial charge in [-0.3, -0.25) is 0 Å². The maximum absolute atomic E-state index is 5.58. The Morgan fingerprint density at radius 3 is 2.53 bits per heavy atom. The zero-order valence-corrected chi connectivity index (χ0v) is 10.4. The highest BCUT2D eigenvalue weighted by molar-refractivity contribution is 5.49. The number of anilines is 1. The number of rotatable bonds is 4. The van der Waals surface area contributed by atoms with Crippen LogP contribution in [0.1, 0.15) is 6.92 Å². The number of ether oxygens (including phenoxy) is 1. The van der Waals surface area contributed by atoms with Gasteiger partial charge in [0.1, 0.15) is 12.4 Å². The fourth-order valence-electron chi connectivity index (χ4n) is 1.88. The molecule has 3 heteroatoms.